The molecule has 2 aromatic carbocycles. The van der Waals surface area contributed by atoms with Gasteiger partial charge in [-0.3, -0.25) is 9.59 Å². The van der Waals surface area contributed by atoms with E-state index in [1.54, 1.807) is 25.1 Å². The Kier molecular flexibility index (Phi) is 8.20. The van der Waals surface area contributed by atoms with Crippen molar-refractivity contribution in [3.63, 3.8) is 0 Å². The first-order chi connectivity index (χ1) is 14.5. The van der Waals surface area contributed by atoms with E-state index in [9.17, 15) is 14.0 Å². The smallest absolute Gasteiger partial charge is 0.261 e. The molecule has 2 aromatic rings. The fraction of sp³-hybridized carbons (Fsp3) is 0.440. The number of hydrogen-bond donors (Lipinski definition) is 1. The molecule has 0 saturated carbocycles. The van der Waals surface area contributed by atoms with Gasteiger partial charge in [-0.2, -0.15) is 0 Å². The van der Waals surface area contributed by atoms with E-state index in [2.05, 4.69) is 26.1 Å². The lowest BCUT2D eigenvalue weighted by Gasteiger charge is -2.30. The van der Waals surface area contributed by atoms with Gasteiger partial charge in [0.15, 0.2) is 6.61 Å². The summed E-state index contributed by atoms with van der Waals surface area (Å²) < 4.78 is 20.1. The standard InChI is InChI=1S/C25H33FN2O3/c1-17(2)27-24(30)18(3)28(15-19-11-7-9-13-21(19)26)23(29)16-31-22-14-10-8-12-20(22)25(4,5)6/h7-14,17-18H,15-16H2,1-6H3,(H,27,30)/t18-/m1/s1. The molecule has 0 saturated heterocycles. The van der Waals surface area contributed by atoms with Gasteiger partial charge in [-0.15, -0.1) is 0 Å². The van der Waals surface area contributed by atoms with E-state index in [0.29, 0.717) is 11.3 Å². The van der Waals surface area contributed by atoms with Gasteiger partial charge in [0, 0.05) is 18.2 Å². The molecule has 0 bridgehead atoms. The van der Waals surface area contributed by atoms with Gasteiger partial charge in [-0.25, -0.2) is 4.39 Å². The third kappa shape index (κ3) is 6.81. The third-order valence-corrected chi connectivity index (χ3v) is 4.94. The number of ether oxygens (including phenoxy) is 1. The second-order valence-corrected chi connectivity index (χ2v) is 8.99. The molecular weight excluding hydrogens is 395 g/mol. The van der Waals surface area contributed by atoms with Gasteiger partial charge >= 0.3 is 0 Å². The molecule has 168 valence electrons. The zero-order valence-electron chi connectivity index (χ0n) is 19.2. The average Bonchev–Trinajstić information content (AvgIpc) is 2.70. The van der Waals surface area contributed by atoms with Gasteiger partial charge in [0.25, 0.3) is 5.91 Å². The molecule has 0 aromatic heterocycles. The topological polar surface area (TPSA) is 58.6 Å². The summed E-state index contributed by atoms with van der Waals surface area (Å²) in [5.41, 5.74) is 1.17. The summed E-state index contributed by atoms with van der Waals surface area (Å²) in [5, 5.41) is 2.81. The molecule has 1 atom stereocenters. The Hall–Kier alpha value is -2.89. The Morgan fingerprint density at radius 1 is 1.03 bits per heavy atom. The third-order valence-electron chi connectivity index (χ3n) is 4.94. The molecule has 0 aliphatic rings. The van der Waals surface area contributed by atoms with Gasteiger partial charge in [0.1, 0.15) is 17.6 Å². The fourth-order valence-electron chi connectivity index (χ4n) is 3.23. The first kappa shape index (κ1) is 24.4. The molecule has 2 rings (SSSR count). The average molecular weight is 429 g/mol. The molecule has 0 aliphatic heterocycles. The van der Waals surface area contributed by atoms with Gasteiger partial charge in [0.05, 0.1) is 0 Å². The number of benzene rings is 2. The SMILES string of the molecule is CC(C)NC(=O)[C@@H](C)N(Cc1ccccc1F)C(=O)COc1ccccc1C(C)(C)C. The molecule has 5 nitrogen and oxygen atoms in total. The number of carbonyl (C=O) groups excluding carboxylic acids is 2. The minimum atomic E-state index is -0.782. The highest BCUT2D eigenvalue weighted by Gasteiger charge is 2.28. The first-order valence-corrected chi connectivity index (χ1v) is 10.6. The van der Waals surface area contributed by atoms with Crippen molar-refractivity contribution in [1.82, 2.24) is 10.2 Å². The van der Waals surface area contributed by atoms with Crippen LogP contribution in [0, 0.1) is 5.82 Å². The van der Waals surface area contributed by atoms with Crippen molar-refractivity contribution in [2.75, 3.05) is 6.61 Å². The molecule has 2 amide bonds. The molecule has 0 heterocycles. The van der Waals surface area contributed by atoms with Crippen molar-refractivity contribution in [1.29, 1.82) is 0 Å². The molecule has 0 fully saturated rings. The monoisotopic (exact) mass is 428 g/mol. The highest BCUT2D eigenvalue weighted by atomic mass is 19.1. The molecule has 0 unspecified atom stereocenters. The van der Waals surface area contributed by atoms with Gasteiger partial charge in [-0.05, 0) is 43.9 Å². The predicted molar refractivity (Wildman–Crippen MR) is 120 cm³/mol. The van der Waals surface area contributed by atoms with Gasteiger partial charge in [0.2, 0.25) is 5.91 Å². The highest BCUT2D eigenvalue weighted by Crippen LogP contribution is 2.31. The molecular formula is C25H33FN2O3. The summed E-state index contributed by atoms with van der Waals surface area (Å²) >= 11 is 0. The maximum atomic E-state index is 14.3. The second kappa shape index (κ2) is 10.4. The first-order valence-electron chi connectivity index (χ1n) is 10.6. The lowest BCUT2D eigenvalue weighted by atomic mass is 9.86. The largest absolute Gasteiger partial charge is 0.483 e. The zero-order valence-corrected chi connectivity index (χ0v) is 19.2. The number of nitrogens with zero attached hydrogens (tertiary/aromatic N) is 1. The number of amides is 2. The van der Waals surface area contributed by atoms with E-state index >= 15 is 0 Å². The van der Waals surface area contributed by atoms with Crippen molar-refractivity contribution in [3.8, 4) is 5.75 Å². The van der Waals surface area contributed by atoms with Crippen LogP contribution in [0.3, 0.4) is 0 Å². The highest BCUT2D eigenvalue weighted by molar-refractivity contribution is 5.88. The molecule has 0 spiro atoms. The number of hydrogen-bond acceptors (Lipinski definition) is 3. The van der Waals surface area contributed by atoms with Crippen LogP contribution in [-0.2, 0) is 21.5 Å². The van der Waals surface area contributed by atoms with Crippen molar-refractivity contribution in [3.05, 3.63) is 65.5 Å². The maximum absolute atomic E-state index is 14.3. The van der Waals surface area contributed by atoms with Crippen molar-refractivity contribution < 1.29 is 18.7 Å². The number of halogens is 1. The Labute approximate surface area is 184 Å². The number of rotatable bonds is 8. The lowest BCUT2D eigenvalue weighted by molar-refractivity contribution is -0.142. The van der Waals surface area contributed by atoms with Crippen LogP contribution in [0.2, 0.25) is 0 Å². The number of carbonyl (C=O) groups is 2. The number of nitrogens with one attached hydrogen (secondary N) is 1. The summed E-state index contributed by atoms with van der Waals surface area (Å²) in [7, 11) is 0. The van der Waals surface area contributed by atoms with Gasteiger partial charge < -0.3 is 15.0 Å². The van der Waals surface area contributed by atoms with E-state index in [0.717, 1.165) is 5.56 Å². The van der Waals surface area contributed by atoms with Crippen molar-refractivity contribution in [2.24, 2.45) is 0 Å². The van der Waals surface area contributed by atoms with E-state index in [1.165, 1.54) is 11.0 Å². The van der Waals surface area contributed by atoms with E-state index in [4.69, 9.17) is 4.74 Å². The van der Waals surface area contributed by atoms with E-state index in [1.807, 2.05) is 38.1 Å². The molecule has 31 heavy (non-hydrogen) atoms. The molecule has 6 heteroatoms. The van der Waals surface area contributed by atoms with Crippen LogP contribution < -0.4 is 10.1 Å². The van der Waals surface area contributed by atoms with Crippen LogP contribution in [0.4, 0.5) is 4.39 Å². The molecule has 0 aliphatic carbocycles. The van der Waals surface area contributed by atoms with Crippen LogP contribution in [0.25, 0.3) is 0 Å². The van der Waals surface area contributed by atoms with Crippen LogP contribution >= 0.6 is 0 Å². The van der Waals surface area contributed by atoms with Crippen LogP contribution in [0.15, 0.2) is 48.5 Å². The zero-order chi connectivity index (χ0) is 23.2. The predicted octanol–water partition coefficient (Wildman–Crippen LogP) is 4.44. The maximum Gasteiger partial charge on any atom is 0.261 e. The Bertz CT molecular complexity index is 906. The Morgan fingerprint density at radius 3 is 2.26 bits per heavy atom. The Morgan fingerprint density at radius 2 is 1.65 bits per heavy atom. The Balaban J connectivity index is 2.24. The summed E-state index contributed by atoms with van der Waals surface area (Å²) in [5.74, 6) is -0.489. The number of para-hydroxylation sites is 1. The minimum absolute atomic E-state index is 0.0253. The lowest BCUT2D eigenvalue weighted by Crippen LogP contribution is -2.50. The van der Waals surface area contributed by atoms with E-state index in [-0.39, 0.29) is 30.5 Å². The van der Waals surface area contributed by atoms with Crippen LogP contribution in [0.1, 0.15) is 52.7 Å². The van der Waals surface area contributed by atoms with Crippen LogP contribution in [0.5, 0.6) is 5.75 Å². The minimum Gasteiger partial charge on any atom is -0.483 e. The van der Waals surface area contributed by atoms with Crippen molar-refractivity contribution >= 4 is 11.8 Å². The van der Waals surface area contributed by atoms with E-state index < -0.39 is 17.8 Å². The summed E-state index contributed by atoms with van der Waals surface area (Å²) in [4.78, 5) is 27.1. The molecule has 0 radical (unpaired) electrons. The normalized spacial score (nSPS) is 12.4. The second-order valence-electron chi connectivity index (χ2n) is 8.99. The summed E-state index contributed by atoms with van der Waals surface area (Å²) in [6.07, 6.45) is 0. The summed E-state index contributed by atoms with van der Waals surface area (Å²) in [6, 6.07) is 13.0. The molecule has 1 N–H and O–H groups in total. The van der Waals surface area contributed by atoms with Crippen molar-refractivity contribution in [2.45, 2.75) is 65.6 Å². The fourth-order valence-corrected chi connectivity index (χ4v) is 3.23. The summed E-state index contributed by atoms with van der Waals surface area (Å²) in [6.45, 7) is 11.3. The van der Waals surface area contributed by atoms with Crippen LogP contribution in [-0.4, -0.2) is 35.4 Å². The van der Waals surface area contributed by atoms with Gasteiger partial charge in [-0.1, -0.05) is 57.2 Å². The quantitative estimate of drug-likeness (QED) is 0.676.